The van der Waals surface area contributed by atoms with Crippen LogP contribution < -0.4 is 14.7 Å². The lowest BCUT2D eigenvalue weighted by molar-refractivity contribution is 0.793. The normalized spacial score (nSPS) is 13.8. The average molecular weight is 968 g/mol. The third-order valence-electron chi connectivity index (χ3n) is 15.9. The second-order valence-corrected chi connectivity index (χ2v) is 20.0. The monoisotopic (exact) mass is 967 g/mol. The van der Waals surface area contributed by atoms with Crippen molar-refractivity contribution >= 4 is 83.5 Å². The van der Waals surface area contributed by atoms with Gasteiger partial charge in [0.25, 0.3) is 0 Å². The summed E-state index contributed by atoms with van der Waals surface area (Å²) < 4.78 is 0. The fraction of sp³-hybridized carbons (Fsp3) is 0.0137. The molecule has 15 rings (SSSR count). The van der Waals surface area contributed by atoms with Crippen LogP contribution in [0.3, 0.4) is 0 Å². The molecular weight excluding hydrogens is 919 g/mol. The molecule has 356 valence electrons. The average Bonchev–Trinajstić information content (AvgIpc) is 4.08. The van der Waals surface area contributed by atoms with Gasteiger partial charge in [-0.3, -0.25) is 0 Å². The van der Waals surface area contributed by atoms with E-state index in [0.29, 0.717) is 0 Å². The highest BCUT2D eigenvalue weighted by Crippen LogP contribution is 2.67. The van der Waals surface area contributed by atoms with Gasteiger partial charge in [0.2, 0.25) is 0 Å². The van der Waals surface area contributed by atoms with E-state index in [2.05, 4.69) is 312 Å². The van der Waals surface area contributed by atoms with Crippen LogP contribution in [0.25, 0.3) is 54.6 Å². The molecule has 1 unspecified atom stereocenters. The third kappa shape index (κ3) is 6.76. The van der Waals surface area contributed by atoms with E-state index in [1.165, 1.54) is 76.8 Å². The fourth-order valence-electron chi connectivity index (χ4n) is 12.7. The summed E-state index contributed by atoms with van der Waals surface area (Å²) in [6.45, 7) is 0. The number of rotatable bonds is 9. The highest BCUT2D eigenvalue weighted by molar-refractivity contribution is 6.06. The highest BCUT2D eigenvalue weighted by atomic mass is 15.2. The van der Waals surface area contributed by atoms with Crippen molar-refractivity contribution in [2.24, 2.45) is 0 Å². The van der Waals surface area contributed by atoms with E-state index in [4.69, 9.17) is 0 Å². The SMILES string of the molecule is c1ccc(N(c2ccc3c(c2)C2(c4ccccc4-c4c(N(c5ccccc5)c5ccc6ccccc6c5)cccc42)c2cccc(N(c4ccccc4)c4ccc5ccccc5c4)c2-3)c2ccc3ccccc3c2)cc1. The number of benzene rings is 13. The number of nitrogens with zero attached hydrogens (tertiary/aromatic N) is 3. The highest BCUT2D eigenvalue weighted by Gasteiger charge is 2.53. The van der Waals surface area contributed by atoms with Crippen LogP contribution in [0.5, 0.6) is 0 Å². The Labute approximate surface area is 443 Å². The van der Waals surface area contributed by atoms with Crippen molar-refractivity contribution in [3.05, 3.63) is 320 Å². The minimum Gasteiger partial charge on any atom is -0.310 e. The second kappa shape index (κ2) is 17.6. The van der Waals surface area contributed by atoms with E-state index < -0.39 is 5.41 Å². The van der Waals surface area contributed by atoms with E-state index in [-0.39, 0.29) is 0 Å². The van der Waals surface area contributed by atoms with Crippen molar-refractivity contribution in [1.82, 2.24) is 0 Å². The number of hydrogen-bond acceptors (Lipinski definition) is 3. The molecule has 0 N–H and O–H groups in total. The molecule has 1 spiro atoms. The summed E-state index contributed by atoms with van der Waals surface area (Å²) in [5.74, 6) is 0. The van der Waals surface area contributed by atoms with Crippen LogP contribution in [-0.4, -0.2) is 0 Å². The van der Waals surface area contributed by atoms with Gasteiger partial charge in [0, 0.05) is 50.9 Å². The summed E-state index contributed by atoms with van der Waals surface area (Å²) in [5.41, 5.74) is 19.2. The van der Waals surface area contributed by atoms with Gasteiger partial charge in [-0.15, -0.1) is 0 Å². The molecular formula is C73H49N3. The fourth-order valence-corrected chi connectivity index (χ4v) is 12.7. The van der Waals surface area contributed by atoms with Crippen LogP contribution in [0, 0.1) is 0 Å². The first kappa shape index (κ1) is 43.6. The number of anilines is 9. The van der Waals surface area contributed by atoms with Crippen LogP contribution in [0.4, 0.5) is 51.2 Å². The van der Waals surface area contributed by atoms with Crippen LogP contribution >= 0.6 is 0 Å². The Morgan fingerprint density at radius 2 is 0.539 bits per heavy atom. The summed E-state index contributed by atoms with van der Waals surface area (Å²) in [5, 5.41) is 7.25. The molecule has 3 nitrogen and oxygen atoms in total. The van der Waals surface area contributed by atoms with Crippen molar-refractivity contribution in [3.8, 4) is 22.3 Å². The van der Waals surface area contributed by atoms with E-state index in [1.54, 1.807) is 0 Å². The first-order chi connectivity index (χ1) is 37.7. The molecule has 0 amide bonds. The Morgan fingerprint density at radius 1 is 0.197 bits per heavy atom. The lowest BCUT2D eigenvalue weighted by atomic mass is 9.70. The zero-order valence-corrected chi connectivity index (χ0v) is 41.6. The largest absolute Gasteiger partial charge is 0.310 e. The molecule has 0 fully saturated rings. The van der Waals surface area contributed by atoms with E-state index >= 15 is 0 Å². The van der Waals surface area contributed by atoms with Crippen LogP contribution in [0.1, 0.15) is 22.3 Å². The first-order valence-corrected chi connectivity index (χ1v) is 26.2. The predicted molar refractivity (Wildman–Crippen MR) is 319 cm³/mol. The van der Waals surface area contributed by atoms with E-state index in [1.807, 2.05) is 0 Å². The van der Waals surface area contributed by atoms with Gasteiger partial charge >= 0.3 is 0 Å². The van der Waals surface area contributed by atoms with E-state index in [9.17, 15) is 0 Å². The topological polar surface area (TPSA) is 9.72 Å². The maximum Gasteiger partial charge on any atom is 0.0727 e. The molecule has 76 heavy (non-hydrogen) atoms. The van der Waals surface area contributed by atoms with Crippen molar-refractivity contribution in [3.63, 3.8) is 0 Å². The van der Waals surface area contributed by atoms with Crippen molar-refractivity contribution in [2.45, 2.75) is 5.41 Å². The Hall–Kier alpha value is -9.96. The Bertz CT molecular complexity index is 4360. The number of fused-ring (bicyclic) bond motifs is 13. The minimum absolute atomic E-state index is 0.720. The molecule has 13 aromatic rings. The zero-order valence-electron chi connectivity index (χ0n) is 41.6. The zero-order chi connectivity index (χ0) is 50.2. The number of para-hydroxylation sites is 3. The van der Waals surface area contributed by atoms with Gasteiger partial charge in [0.15, 0.2) is 0 Å². The smallest absolute Gasteiger partial charge is 0.0727 e. The van der Waals surface area contributed by atoms with Crippen LogP contribution in [0.2, 0.25) is 0 Å². The van der Waals surface area contributed by atoms with Crippen molar-refractivity contribution in [1.29, 1.82) is 0 Å². The van der Waals surface area contributed by atoms with Crippen LogP contribution in [-0.2, 0) is 5.41 Å². The van der Waals surface area contributed by atoms with Gasteiger partial charge in [-0.25, -0.2) is 0 Å². The molecule has 1 atom stereocenters. The summed E-state index contributed by atoms with van der Waals surface area (Å²) in [4.78, 5) is 7.38. The molecule has 0 saturated carbocycles. The first-order valence-electron chi connectivity index (χ1n) is 26.2. The van der Waals surface area contributed by atoms with Gasteiger partial charge < -0.3 is 14.7 Å². The summed E-state index contributed by atoms with van der Waals surface area (Å²) >= 11 is 0. The van der Waals surface area contributed by atoms with Gasteiger partial charge in [-0.1, -0.05) is 200 Å². The standard InChI is InChI=1S/C73H49N3/c1-4-26-56(27-5-1)74(59-41-38-50-20-10-13-23-53(50)46-59)62-44-45-64-68(49-62)73(67-35-19-37-70(72(64)67)76(58-30-8-3-9-31-58)61-43-40-52-22-12-15-25-55(52)48-61)65-33-17-16-32-63(65)71-66(73)34-18-36-69(71)75(57-28-6-2-7-29-57)60-42-39-51-21-11-14-24-54(51)47-60/h1-49H. The quantitative estimate of drug-likeness (QED) is 0.143. The van der Waals surface area contributed by atoms with Gasteiger partial charge in [-0.05, 0) is 163 Å². The summed E-state index contributed by atoms with van der Waals surface area (Å²) in [6.07, 6.45) is 0. The van der Waals surface area contributed by atoms with E-state index in [0.717, 1.165) is 51.2 Å². The maximum absolute atomic E-state index is 2.51. The Morgan fingerprint density at radius 3 is 1.01 bits per heavy atom. The molecule has 0 bridgehead atoms. The molecule has 13 aromatic carbocycles. The molecule has 0 radical (unpaired) electrons. The lowest BCUT2D eigenvalue weighted by Gasteiger charge is -2.33. The van der Waals surface area contributed by atoms with Gasteiger partial charge in [-0.2, -0.15) is 0 Å². The Kier molecular flexibility index (Phi) is 10.1. The van der Waals surface area contributed by atoms with Gasteiger partial charge in [0.05, 0.1) is 16.8 Å². The number of hydrogen-bond donors (Lipinski definition) is 0. The van der Waals surface area contributed by atoms with Crippen molar-refractivity contribution < 1.29 is 0 Å². The second-order valence-electron chi connectivity index (χ2n) is 20.0. The maximum atomic E-state index is 2.51. The molecule has 2 aliphatic carbocycles. The molecule has 0 heterocycles. The predicted octanol–water partition coefficient (Wildman–Crippen LogP) is 19.9. The molecule has 0 aliphatic heterocycles. The van der Waals surface area contributed by atoms with Gasteiger partial charge in [0.1, 0.15) is 0 Å². The van der Waals surface area contributed by atoms with Crippen molar-refractivity contribution in [2.75, 3.05) is 14.7 Å². The summed E-state index contributed by atoms with van der Waals surface area (Å²) in [7, 11) is 0. The minimum atomic E-state index is -0.720. The molecule has 0 aromatic heterocycles. The van der Waals surface area contributed by atoms with Crippen LogP contribution in [0.15, 0.2) is 297 Å². The molecule has 3 heteroatoms. The molecule has 2 aliphatic rings. The Balaban J connectivity index is 1.04. The molecule has 0 saturated heterocycles. The lowest BCUT2D eigenvalue weighted by Crippen LogP contribution is -2.26. The summed E-state index contributed by atoms with van der Waals surface area (Å²) in [6, 6.07) is 110. The third-order valence-corrected chi connectivity index (χ3v) is 15.9.